The highest BCUT2D eigenvalue weighted by molar-refractivity contribution is 6.11. The molecule has 0 fully saturated rings. The van der Waals surface area contributed by atoms with Crippen molar-refractivity contribution >= 4 is 22.5 Å². The zero-order valence-electron chi connectivity index (χ0n) is 13.9. The first kappa shape index (κ1) is 15.4. The summed E-state index contributed by atoms with van der Waals surface area (Å²) in [6.07, 6.45) is 3.39. The topological polar surface area (TPSA) is 62.7 Å². The number of carbonyl (C=O) groups is 1. The van der Waals surface area contributed by atoms with Gasteiger partial charge in [0.2, 0.25) is 0 Å². The fourth-order valence-electron chi connectivity index (χ4n) is 3.36. The predicted octanol–water partition coefficient (Wildman–Crippen LogP) is 3.54. The third-order valence-electron chi connectivity index (χ3n) is 4.63. The van der Waals surface area contributed by atoms with Crippen molar-refractivity contribution in [3.05, 3.63) is 59.8 Å². The maximum atomic E-state index is 13.1. The van der Waals surface area contributed by atoms with Crippen LogP contribution in [0.25, 0.3) is 10.9 Å². The monoisotopic (exact) mass is 334 g/mol. The summed E-state index contributed by atoms with van der Waals surface area (Å²) in [5.41, 5.74) is 2.67. The number of aromatic nitrogens is 1. The third kappa shape index (κ3) is 2.58. The van der Waals surface area contributed by atoms with E-state index in [1.807, 2.05) is 30.3 Å². The number of benzene rings is 2. The number of rotatable bonds is 2. The Kier molecular flexibility index (Phi) is 3.76. The minimum Gasteiger partial charge on any atom is -0.505 e. The van der Waals surface area contributed by atoms with Crippen molar-refractivity contribution in [2.75, 3.05) is 18.6 Å². The molecule has 0 aliphatic carbocycles. The molecule has 0 atom stereocenters. The molecule has 1 aliphatic heterocycles. The second kappa shape index (κ2) is 6.09. The lowest BCUT2D eigenvalue weighted by atomic mass is 10.00. The van der Waals surface area contributed by atoms with Crippen LogP contribution in [-0.4, -0.2) is 29.7 Å². The molecule has 0 bridgehead atoms. The number of fused-ring (bicyclic) bond motifs is 2. The summed E-state index contributed by atoms with van der Waals surface area (Å²) in [6, 6.07) is 12.9. The molecule has 0 saturated heterocycles. The smallest absolute Gasteiger partial charge is 0.262 e. The lowest BCUT2D eigenvalue weighted by molar-refractivity contribution is 0.0982. The summed E-state index contributed by atoms with van der Waals surface area (Å²) in [6.45, 7) is 0.623. The lowest BCUT2D eigenvalue weighted by Crippen LogP contribution is -2.35. The Morgan fingerprint density at radius 3 is 2.96 bits per heavy atom. The molecule has 1 N–H and O–H groups in total. The van der Waals surface area contributed by atoms with Gasteiger partial charge in [-0.15, -0.1) is 0 Å². The van der Waals surface area contributed by atoms with E-state index in [-0.39, 0.29) is 17.2 Å². The highest BCUT2D eigenvalue weighted by Crippen LogP contribution is 2.34. The van der Waals surface area contributed by atoms with Crippen molar-refractivity contribution in [3.63, 3.8) is 0 Å². The summed E-state index contributed by atoms with van der Waals surface area (Å²) in [5.74, 6) is 0.505. The zero-order valence-corrected chi connectivity index (χ0v) is 13.9. The maximum Gasteiger partial charge on any atom is 0.262 e. The molecule has 0 saturated carbocycles. The van der Waals surface area contributed by atoms with Gasteiger partial charge < -0.3 is 14.7 Å². The van der Waals surface area contributed by atoms with Crippen molar-refractivity contribution in [1.82, 2.24) is 4.98 Å². The average Bonchev–Trinajstić information content (AvgIpc) is 2.67. The Balaban J connectivity index is 1.77. The van der Waals surface area contributed by atoms with Crippen molar-refractivity contribution in [1.29, 1.82) is 0 Å². The number of pyridine rings is 1. The summed E-state index contributed by atoms with van der Waals surface area (Å²) in [7, 11) is 1.63. The van der Waals surface area contributed by atoms with E-state index in [0.29, 0.717) is 12.1 Å². The van der Waals surface area contributed by atoms with Crippen molar-refractivity contribution < 1.29 is 14.6 Å². The molecular weight excluding hydrogens is 316 g/mol. The quantitative estimate of drug-likeness (QED) is 0.778. The minimum atomic E-state index is -0.212. The third-order valence-corrected chi connectivity index (χ3v) is 4.63. The van der Waals surface area contributed by atoms with Crippen LogP contribution in [0.5, 0.6) is 11.5 Å². The molecule has 3 aromatic rings. The molecular formula is C20H18N2O3. The first-order chi connectivity index (χ1) is 12.2. The number of methoxy groups -OCH3 is 1. The number of aryl methyl sites for hydroxylation is 1. The number of carbonyl (C=O) groups excluding carboxylic acids is 1. The first-order valence-electron chi connectivity index (χ1n) is 8.24. The average molecular weight is 334 g/mol. The van der Waals surface area contributed by atoms with Gasteiger partial charge in [-0.3, -0.25) is 9.78 Å². The Hall–Kier alpha value is -3.08. The van der Waals surface area contributed by atoms with E-state index in [1.165, 1.54) is 0 Å². The van der Waals surface area contributed by atoms with Gasteiger partial charge in [0.05, 0.1) is 12.7 Å². The molecule has 2 heterocycles. The molecule has 25 heavy (non-hydrogen) atoms. The highest BCUT2D eigenvalue weighted by Gasteiger charge is 2.26. The lowest BCUT2D eigenvalue weighted by Gasteiger charge is -2.30. The van der Waals surface area contributed by atoms with Crippen molar-refractivity contribution in [2.24, 2.45) is 0 Å². The highest BCUT2D eigenvalue weighted by atomic mass is 16.5. The van der Waals surface area contributed by atoms with Gasteiger partial charge in [-0.1, -0.05) is 12.1 Å². The minimum absolute atomic E-state index is 0.0660. The van der Waals surface area contributed by atoms with Crippen LogP contribution in [0, 0.1) is 0 Å². The number of anilines is 1. The molecule has 2 aromatic carbocycles. The van der Waals surface area contributed by atoms with Gasteiger partial charge >= 0.3 is 0 Å². The normalized spacial score (nSPS) is 13.6. The van der Waals surface area contributed by atoms with E-state index in [1.54, 1.807) is 30.3 Å². The molecule has 0 spiro atoms. The molecule has 5 nitrogen and oxygen atoms in total. The number of phenolic OH excluding ortho intramolecular Hbond substituents is 1. The number of hydrogen-bond acceptors (Lipinski definition) is 4. The predicted molar refractivity (Wildman–Crippen MR) is 96.4 cm³/mol. The van der Waals surface area contributed by atoms with E-state index in [0.717, 1.165) is 35.2 Å². The second-order valence-corrected chi connectivity index (χ2v) is 6.09. The van der Waals surface area contributed by atoms with E-state index in [2.05, 4.69) is 4.98 Å². The molecule has 4 rings (SSSR count). The fraction of sp³-hybridized carbons (Fsp3) is 0.200. The van der Waals surface area contributed by atoms with Gasteiger partial charge in [0.1, 0.15) is 11.3 Å². The van der Waals surface area contributed by atoms with Crippen molar-refractivity contribution in [2.45, 2.75) is 12.8 Å². The van der Waals surface area contributed by atoms with Gasteiger partial charge in [0.25, 0.3) is 5.91 Å². The van der Waals surface area contributed by atoms with Gasteiger partial charge in [-0.2, -0.15) is 0 Å². The van der Waals surface area contributed by atoms with Crippen LogP contribution >= 0.6 is 0 Å². The molecule has 1 amide bonds. The Morgan fingerprint density at radius 1 is 1.24 bits per heavy atom. The van der Waals surface area contributed by atoms with E-state index < -0.39 is 0 Å². The van der Waals surface area contributed by atoms with Crippen LogP contribution in [0.2, 0.25) is 0 Å². The molecule has 0 radical (unpaired) electrons. The largest absolute Gasteiger partial charge is 0.505 e. The van der Waals surface area contributed by atoms with Crippen LogP contribution in [-0.2, 0) is 6.42 Å². The zero-order chi connectivity index (χ0) is 17.4. The summed E-state index contributed by atoms with van der Waals surface area (Å²) in [4.78, 5) is 19.0. The fourth-order valence-corrected chi connectivity index (χ4v) is 3.36. The van der Waals surface area contributed by atoms with Crippen LogP contribution in [0.15, 0.2) is 48.7 Å². The van der Waals surface area contributed by atoms with E-state index >= 15 is 0 Å². The molecule has 1 aromatic heterocycles. The van der Waals surface area contributed by atoms with Crippen LogP contribution < -0.4 is 9.64 Å². The van der Waals surface area contributed by atoms with Crippen LogP contribution in [0.3, 0.4) is 0 Å². The molecule has 0 unspecified atom stereocenters. The van der Waals surface area contributed by atoms with E-state index in [4.69, 9.17) is 4.74 Å². The number of hydrogen-bond donors (Lipinski definition) is 1. The standard InChI is InChI=1S/C20H18N2O3/c1-25-15-7-9-17-14(12-15)5-3-11-22(17)20(24)16-8-6-13-4-2-10-21-18(13)19(16)23/h2,4,6-10,12,23H,3,5,11H2,1H3. The molecule has 1 aliphatic rings. The van der Waals surface area contributed by atoms with Crippen LogP contribution in [0.1, 0.15) is 22.3 Å². The van der Waals surface area contributed by atoms with Crippen molar-refractivity contribution in [3.8, 4) is 11.5 Å². The van der Waals surface area contributed by atoms with Crippen LogP contribution in [0.4, 0.5) is 5.69 Å². The Bertz CT molecular complexity index is 968. The summed E-state index contributed by atoms with van der Waals surface area (Å²) in [5, 5.41) is 11.4. The van der Waals surface area contributed by atoms with E-state index in [9.17, 15) is 9.90 Å². The van der Waals surface area contributed by atoms with Gasteiger partial charge in [-0.05, 0) is 48.7 Å². The summed E-state index contributed by atoms with van der Waals surface area (Å²) < 4.78 is 5.28. The number of aromatic hydroxyl groups is 1. The number of amides is 1. The number of phenols is 1. The Labute approximate surface area is 145 Å². The van der Waals surface area contributed by atoms with Gasteiger partial charge in [0, 0.05) is 23.8 Å². The summed E-state index contributed by atoms with van der Waals surface area (Å²) >= 11 is 0. The number of nitrogens with zero attached hydrogens (tertiary/aromatic N) is 2. The first-order valence-corrected chi connectivity index (χ1v) is 8.24. The SMILES string of the molecule is COc1ccc2c(c1)CCCN2C(=O)c1ccc2cccnc2c1O. The Morgan fingerprint density at radius 2 is 2.12 bits per heavy atom. The van der Waals surface area contributed by atoms with Gasteiger partial charge in [-0.25, -0.2) is 0 Å². The van der Waals surface area contributed by atoms with Gasteiger partial charge in [0.15, 0.2) is 5.75 Å². The second-order valence-electron chi connectivity index (χ2n) is 6.09. The maximum absolute atomic E-state index is 13.1. The molecule has 126 valence electrons. The number of ether oxygens (including phenoxy) is 1. The molecule has 5 heteroatoms.